The van der Waals surface area contributed by atoms with Gasteiger partial charge in [0.05, 0.1) is 0 Å². The molecule has 1 N–H and O–H groups in total. The molecular weight excluding hydrogens is 280 g/mol. The highest BCUT2D eigenvalue weighted by atomic mass is 35.5. The van der Waals surface area contributed by atoms with Crippen molar-refractivity contribution in [3.63, 3.8) is 0 Å². The Labute approximate surface area is 134 Å². The van der Waals surface area contributed by atoms with Crippen LogP contribution in [0.4, 0.5) is 5.69 Å². The maximum Gasteiger partial charge on any atom is 0.0415 e. The average molecular weight is 309 g/mol. The van der Waals surface area contributed by atoms with E-state index in [4.69, 9.17) is 11.6 Å². The van der Waals surface area contributed by atoms with E-state index in [-0.39, 0.29) is 0 Å². The van der Waals surface area contributed by atoms with Gasteiger partial charge in [-0.3, -0.25) is 0 Å². The topological polar surface area (TPSA) is 15.3 Å². The fourth-order valence-corrected chi connectivity index (χ4v) is 3.51. The van der Waals surface area contributed by atoms with E-state index in [1.807, 2.05) is 6.07 Å². The van der Waals surface area contributed by atoms with Crippen LogP contribution in [0.15, 0.2) is 18.2 Å². The lowest BCUT2D eigenvalue weighted by molar-refractivity contribution is 0.550. The van der Waals surface area contributed by atoms with E-state index in [1.165, 1.54) is 36.9 Å². The Kier molecular flexibility index (Phi) is 6.38. The second-order valence-electron chi connectivity index (χ2n) is 6.52. The van der Waals surface area contributed by atoms with E-state index in [0.717, 1.165) is 24.7 Å². The summed E-state index contributed by atoms with van der Waals surface area (Å²) in [6.07, 6.45) is 5.40. The molecule has 0 bridgehead atoms. The summed E-state index contributed by atoms with van der Waals surface area (Å²) in [5.74, 6) is 0.671. The predicted molar refractivity (Wildman–Crippen MR) is 93.3 cm³/mol. The third kappa shape index (κ3) is 4.62. The van der Waals surface area contributed by atoms with Gasteiger partial charge in [0, 0.05) is 29.8 Å². The molecule has 1 fully saturated rings. The molecule has 1 aliphatic carbocycles. The first-order chi connectivity index (χ1) is 10.1. The largest absolute Gasteiger partial charge is 0.369 e. The molecule has 21 heavy (non-hydrogen) atoms. The van der Waals surface area contributed by atoms with Crippen molar-refractivity contribution in [3.8, 4) is 0 Å². The van der Waals surface area contributed by atoms with Gasteiger partial charge in [-0.05, 0) is 56.0 Å². The maximum atomic E-state index is 6.22. The van der Waals surface area contributed by atoms with Gasteiger partial charge in [0.25, 0.3) is 0 Å². The van der Waals surface area contributed by atoms with Gasteiger partial charge in [-0.15, -0.1) is 0 Å². The Morgan fingerprint density at radius 1 is 1.29 bits per heavy atom. The fourth-order valence-electron chi connectivity index (χ4n) is 3.31. The highest BCUT2D eigenvalue weighted by Crippen LogP contribution is 2.31. The number of anilines is 1. The van der Waals surface area contributed by atoms with E-state index in [0.29, 0.717) is 12.0 Å². The van der Waals surface area contributed by atoms with Crippen LogP contribution in [-0.4, -0.2) is 19.1 Å². The minimum Gasteiger partial charge on any atom is -0.369 e. The van der Waals surface area contributed by atoms with Crippen molar-refractivity contribution in [2.75, 3.05) is 18.0 Å². The van der Waals surface area contributed by atoms with Crippen LogP contribution in [0.3, 0.4) is 0 Å². The zero-order valence-corrected chi connectivity index (χ0v) is 14.4. The first kappa shape index (κ1) is 16.6. The Hall–Kier alpha value is -0.730. The monoisotopic (exact) mass is 308 g/mol. The smallest absolute Gasteiger partial charge is 0.0415 e. The molecule has 1 aromatic rings. The lowest BCUT2D eigenvalue weighted by Gasteiger charge is -2.32. The van der Waals surface area contributed by atoms with Crippen LogP contribution >= 0.6 is 11.6 Å². The molecule has 0 radical (unpaired) electrons. The van der Waals surface area contributed by atoms with Crippen molar-refractivity contribution in [2.24, 2.45) is 5.92 Å². The van der Waals surface area contributed by atoms with Gasteiger partial charge in [0.15, 0.2) is 0 Å². The molecule has 3 heteroatoms. The van der Waals surface area contributed by atoms with Crippen molar-refractivity contribution in [1.82, 2.24) is 5.32 Å². The quantitative estimate of drug-likeness (QED) is 0.774. The fraction of sp³-hybridized carbons (Fsp3) is 0.667. The van der Waals surface area contributed by atoms with Crippen molar-refractivity contribution in [1.29, 1.82) is 0 Å². The van der Waals surface area contributed by atoms with Crippen LogP contribution in [0, 0.1) is 5.92 Å². The van der Waals surface area contributed by atoms with Crippen LogP contribution < -0.4 is 10.2 Å². The Bertz CT molecular complexity index is 439. The lowest BCUT2D eigenvalue weighted by Crippen LogP contribution is -2.34. The van der Waals surface area contributed by atoms with E-state index in [2.05, 4.69) is 43.1 Å². The summed E-state index contributed by atoms with van der Waals surface area (Å²) in [5.41, 5.74) is 2.70. The van der Waals surface area contributed by atoms with Gasteiger partial charge < -0.3 is 10.2 Å². The molecule has 0 amide bonds. The summed E-state index contributed by atoms with van der Waals surface area (Å²) in [7, 11) is 0. The van der Waals surface area contributed by atoms with Gasteiger partial charge in [-0.2, -0.15) is 0 Å². The van der Waals surface area contributed by atoms with E-state index in [1.54, 1.807) is 0 Å². The minimum atomic E-state index is 0.671. The normalized spacial score (nSPS) is 15.9. The Morgan fingerprint density at radius 3 is 2.62 bits per heavy atom. The number of nitrogens with zero attached hydrogens (tertiary/aromatic N) is 1. The molecule has 2 rings (SSSR count). The molecule has 0 unspecified atom stereocenters. The second kappa shape index (κ2) is 8.05. The molecular formula is C18H29ClN2. The summed E-state index contributed by atoms with van der Waals surface area (Å²) >= 11 is 6.22. The number of hydrogen-bond acceptors (Lipinski definition) is 2. The Balaban J connectivity index is 2.15. The highest BCUT2D eigenvalue weighted by molar-refractivity contribution is 6.30. The van der Waals surface area contributed by atoms with Gasteiger partial charge in [-0.25, -0.2) is 0 Å². The molecule has 0 spiro atoms. The molecule has 0 heterocycles. The van der Waals surface area contributed by atoms with E-state index < -0.39 is 0 Å². The van der Waals surface area contributed by atoms with Crippen molar-refractivity contribution < 1.29 is 0 Å². The summed E-state index contributed by atoms with van der Waals surface area (Å²) in [6, 6.07) is 7.07. The predicted octanol–water partition coefficient (Wildman–Crippen LogP) is 4.85. The minimum absolute atomic E-state index is 0.671. The molecule has 0 atom stereocenters. The molecule has 0 aliphatic heterocycles. The zero-order chi connectivity index (χ0) is 15.2. The van der Waals surface area contributed by atoms with Crippen LogP contribution in [-0.2, 0) is 6.54 Å². The molecule has 0 aromatic heterocycles. The highest BCUT2D eigenvalue weighted by Gasteiger charge is 2.23. The van der Waals surface area contributed by atoms with Crippen molar-refractivity contribution in [3.05, 3.63) is 28.8 Å². The molecule has 1 aromatic carbocycles. The first-order valence-corrected chi connectivity index (χ1v) is 8.75. The van der Waals surface area contributed by atoms with Crippen LogP contribution in [0.2, 0.25) is 5.02 Å². The van der Waals surface area contributed by atoms with Crippen LogP contribution in [0.5, 0.6) is 0 Å². The maximum absolute atomic E-state index is 6.22. The zero-order valence-electron chi connectivity index (χ0n) is 13.7. The first-order valence-electron chi connectivity index (χ1n) is 8.37. The molecule has 2 nitrogen and oxygen atoms in total. The second-order valence-corrected chi connectivity index (χ2v) is 6.96. The van der Waals surface area contributed by atoms with Gasteiger partial charge in [0.1, 0.15) is 0 Å². The lowest BCUT2D eigenvalue weighted by atomic mass is 10.1. The van der Waals surface area contributed by atoms with Crippen LogP contribution in [0.1, 0.15) is 52.0 Å². The summed E-state index contributed by atoms with van der Waals surface area (Å²) in [4.78, 5) is 2.58. The number of nitrogens with one attached hydrogen (secondary N) is 1. The molecule has 1 saturated carbocycles. The third-order valence-corrected chi connectivity index (χ3v) is 4.56. The van der Waals surface area contributed by atoms with Crippen molar-refractivity contribution >= 4 is 17.3 Å². The third-order valence-electron chi connectivity index (χ3n) is 4.33. The Morgan fingerprint density at radius 2 is 2.00 bits per heavy atom. The van der Waals surface area contributed by atoms with Crippen LogP contribution in [0.25, 0.3) is 0 Å². The van der Waals surface area contributed by atoms with E-state index in [9.17, 15) is 0 Å². The van der Waals surface area contributed by atoms with Gasteiger partial charge in [-0.1, -0.05) is 38.3 Å². The molecule has 1 aliphatic rings. The van der Waals surface area contributed by atoms with Crippen molar-refractivity contribution in [2.45, 2.75) is 59.0 Å². The van der Waals surface area contributed by atoms with Gasteiger partial charge >= 0.3 is 0 Å². The van der Waals surface area contributed by atoms with Gasteiger partial charge in [0.2, 0.25) is 0 Å². The van der Waals surface area contributed by atoms with E-state index >= 15 is 0 Å². The number of hydrogen-bond donors (Lipinski definition) is 1. The number of rotatable bonds is 7. The SMILES string of the molecule is CCN(c1ccc(Cl)cc1CNCC(C)C)C1CCCC1. The standard InChI is InChI=1S/C18H29ClN2/c1-4-21(17-7-5-6-8-17)18-10-9-16(19)11-15(18)13-20-12-14(2)3/h9-11,14,17,20H,4-8,12-13H2,1-3H3. The summed E-state index contributed by atoms with van der Waals surface area (Å²) in [5, 5.41) is 4.39. The summed E-state index contributed by atoms with van der Waals surface area (Å²) in [6.45, 7) is 9.76. The summed E-state index contributed by atoms with van der Waals surface area (Å²) < 4.78 is 0. The average Bonchev–Trinajstić information content (AvgIpc) is 2.95. The number of benzene rings is 1. The number of halogens is 1. The molecule has 118 valence electrons. The molecule has 0 saturated heterocycles.